The second-order valence-electron chi connectivity index (χ2n) is 5.20. The van der Waals surface area contributed by atoms with Crippen molar-refractivity contribution in [1.82, 2.24) is 14.8 Å². The molecule has 106 valence electrons. The van der Waals surface area contributed by atoms with Gasteiger partial charge in [0.15, 0.2) is 0 Å². The van der Waals surface area contributed by atoms with Crippen molar-refractivity contribution >= 4 is 26.8 Å². The molecule has 3 heterocycles. The fourth-order valence-electron chi connectivity index (χ4n) is 2.74. The Hall–Kier alpha value is -1.88. The molecule has 1 aliphatic rings. The molecule has 0 atom stereocenters. The number of nitrogens with zero attached hydrogens (tertiary/aromatic N) is 3. The summed E-state index contributed by atoms with van der Waals surface area (Å²) in [7, 11) is 0. The molecule has 0 saturated heterocycles. The van der Waals surface area contributed by atoms with Crippen LogP contribution in [0, 0.1) is 0 Å². The normalized spacial score (nSPS) is 13.6. The van der Waals surface area contributed by atoms with E-state index in [1.165, 1.54) is 12.1 Å². The first-order valence-corrected chi connectivity index (χ1v) is 7.82. The van der Waals surface area contributed by atoms with Crippen molar-refractivity contribution in [2.45, 2.75) is 26.0 Å². The molecular formula is C16H14BrN3O. The van der Waals surface area contributed by atoms with E-state index in [1.54, 1.807) is 6.20 Å². The van der Waals surface area contributed by atoms with Crippen LogP contribution in [0.5, 0.6) is 5.75 Å². The average Bonchev–Trinajstić information content (AvgIpc) is 3.08. The lowest BCUT2D eigenvalue weighted by Gasteiger charge is -2.08. The highest BCUT2D eigenvalue weighted by Gasteiger charge is 2.14. The standard InChI is InChI=1S/C16H14BrN3O/c17-15-14(6-5-11-3-1-7-18-16(11)15)21-10-12-9-13-4-2-8-20(13)19-12/h1,3,5-7,9H,2,4,8,10H2. The van der Waals surface area contributed by atoms with Crippen LogP contribution in [0.2, 0.25) is 0 Å². The highest BCUT2D eigenvalue weighted by Crippen LogP contribution is 2.32. The molecule has 1 aliphatic heterocycles. The van der Waals surface area contributed by atoms with Crippen molar-refractivity contribution in [2.75, 3.05) is 0 Å². The summed E-state index contributed by atoms with van der Waals surface area (Å²) in [6.45, 7) is 1.51. The summed E-state index contributed by atoms with van der Waals surface area (Å²) in [6.07, 6.45) is 4.11. The van der Waals surface area contributed by atoms with Gasteiger partial charge in [0.2, 0.25) is 0 Å². The maximum absolute atomic E-state index is 5.91. The number of rotatable bonds is 3. The number of benzene rings is 1. The number of ether oxygens (including phenoxy) is 1. The molecule has 0 saturated carbocycles. The molecule has 21 heavy (non-hydrogen) atoms. The van der Waals surface area contributed by atoms with Crippen LogP contribution >= 0.6 is 15.9 Å². The van der Waals surface area contributed by atoms with Crippen LogP contribution in [0.25, 0.3) is 10.9 Å². The summed E-state index contributed by atoms with van der Waals surface area (Å²) in [5.74, 6) is 0.800. The molecule has 5 heteroatoms. The summed E-state index contributed by atoms with van der Waals surface area (Å²) < 4.78 is 8.88. The first kappa shape index (κ1) is 12.8. The molecule has 1 aromatic carbocycles. The maximum atomic E-state index is 5.91. The van der Waals surface area contributed by atoms with Crippen LogP contribution in [0.4, 0.5) is 0 Å². The van der Waals surface area contributed by atoms with Gasteiger partial charge in [0.1, 0.15) is 18.1 Å². The second-order valence-corrected chi connectivity index (χ2v) is 5.99. The van der Waals surface area contributed by atoms with E-state index in [1.807, 2.05) is 24.3 Å². The van der Waals surface area contributed by atoms with E-state index < -0.39 is 0 Å². The second kappa shape index (κ2) is 5.15. The van der Waals surface area contributed by atoms with Crippen LogP contribution in [-0.2, 0) is 19.6 Å². The zero-order chi connectivity index (χ0) is 14.2. The lowest BCUT2D eigenvalue weighted by atomic mass is 10.2. The molecule has 0 N–H and O–H groups in total. The van der Waals surface area contributed by atoms with Gasteiger partial charge in [0.05, 0.1) is 9.99 Å². The van der Waals surface area contributed by atoms with E-state index in [9.17, 15) is 0 Å². The third kappa shape index (κ3) is 2.31. The van der Waals surface area contributed by atoms with Gasteiger partial charge in [-0.2, -0.15) is 5.10 Å². The minimum absolute atomic E-state index is 0.483. The fraction of sp³-hybridized carbons (Fsp3) is 0.250. The monoisotopic (exact) mass is 343 g/mol. The van der Waals surface area contributed by atoms with Gasteiger partial charge in [-0.3, -0.25) is 9.67 Å². The van der Waals surface area contributed by atoms with Crippen LogP contribution in [0.3, 0.4) is 0 Å². The van der Waals surface area contributed by atoms with Gasteiger partial charge < -0.3 is 4.74 Å². The molecule has 0 aliphatic carbocycles. The van der Waals surface area contributed by atoms with Gasteiger partial charge in [0.25, 0.3) is 0 Å². The van der Waals surface area contributed by atoms with Crippen LogP contribution in [0.15, 0.2) is 41.0 Å². The minimum Gasteiger partial charge on any atom is -0.486 e. The summed E-state index contributed by atoms with van der Waals surface area (Å²) in [5.41, 5.74) is 3.22. The predicted octanol–water partition coefficient (Wildman–Crippen LogP) is 3.72. The van der Waals surface area contributed by atoms with E-state index >= 15 is 0 Å². The van der Waals surface area contributed by atoms with Gasteiger partial charge in [-0.05, 0) is 53.0 Å². The summed E-state index contributed by atoms with van der Waals surface area (Å²) in [4.78, 5) is 4.39. The summed E-state index contributed by atoms with van der Waals surface area (Å²) in [5, 5.41) is 5.65. The molecule has 0 unspecified atom stereocenters. The fourth-order valence-corrected chi connectivity index (χ4v) is 3.32. The predicted molar refractivity (Wildman–Crippen MR) is 84.3 cm³/mol. The zero-order valence-electron chi connectivity index (χ0n) is 11.4. The van der Waals surface area contributed by atoms with Gasteiger partial charge >= 0.3 is 0 Å². The third-order valence-electron chi connectivity index (χ3n) is 3.77. The first-order valence-electron chi connectivity index (χ1n) is 7.03. The van der Waals surface area contributed by atoms with Crippen molar-refractivity contribution < 1.29 is 4.74 Å². The Morgan fingerprint density at radius 3 is 3.14 bits per heavy atom. The largest absolute Gasteiger partial charge is 0.486 e. The molecule has 4 nitrogen and oxygen atoms in total. The molecule has 0 fully saturated rings. The van der Waals surface area contributed by atoms with Crippen molar-refractivity contribution in [3.8, 4) is 5.75 Å². The Morgan fingerprint density at radius 1 is 1.29 bits per heavy atom. The quantitative estimate of drug-likeness (QED) is 0.727. The van der Waals surface area contributed by atoms with Crippen molar-refractivity contribution in [3.05, 3.63) is 52.4 Å². The number of aromatic nitrogens is 3. The Kier molecular flexibility index (Phi) is 3.15. The molecule has 3 aromatic rings. The lowest BCUT2D eigenvalue weighted by molar-refractivity contribution is 0.298. The Balaban J connectivity index is 1.57. The van der Waals surface area contributed by atoms with E-state index in [4.69, 9.17) is 4.74 Å². The van der Waals surface area contributed by atoms with Gasteiger partial charge in [-0.15, -0.1) is 0 Å². The molecular weight excluding hydrogens is 330 g/mol. The van der Waals surface area contributed by atoms with E-state index in [0.29, 0.717) is 6.61 Å². The molecule has 0 radical (unpaired) electrons. The highest BCUT2D eigenvalue weighted by atomic mass is 79.9. The van der Waals surface area contributed by atoms with Gasteiger partial charge in [-0.25, -0.2) is 0 Å². The average molecular weight is 344 g/mol. The Labute approximate surface area is 130 Å². The number of hydrogen-bond acceptors (Lipinski definition) is 3. The molecule has 4 rings (SSSR count). The van der Waals surface area contributed by atoms with Crippen molar-refractivity contribution in [3.63, 3.8) is 0 Å². The van der Waals surface area contributed by atoms with Gasteiger partial charge in [0, 0.05) is 23.8 Å². The highest BCUT2D eigenvalue weighted by molar-refractivity contribution is 9.10. The Bertz CT molecular complexity index is 791. The van der Waals surface area contributed by atoms with Crippen molar-refractivity contribution in [2.24, 2.45) is 0 Å². The zero-order valence-corrected chi connectivity index (χ0v) is 13.0. The number of hydrogen-bond donors (Lipinski definition) is 0. The number of fused-ring (bicyclic) bond motifs is 2. The Morgan fingerprint density at radius 2 is 2.24 bits per heavy atom. The molecule has 0 bridgehead atoms. The lowest BCUT2D eigenvalue weighted by Crippen LogP contribution is -2.00. The van der Waals surface area contributed by atoms with Crippen LogP contribution < -0.4 is 4.74 Å². The molecule has 2 aromatic heterocycles. The van der Waals surface area contributed by atoms with E-state index in [2.05, 4.69) is 36.8 Å². The van der Waals surface area contributed by atoms with Crippen LogP contribution in [0.1, 0.15) is 17.8 Å². The first-order chi connectivity index (χ1) is 10.3. The number of aryl methyl sites for hydroxylation is 2. The topological polar surface area (TPSA) is 39.9 Å². The van der Waals surface area contributed by atoms with Gasteiger partial charge in [-0.1, -0.05) is 6.07 Å². The summed E-state index contributed by atoms with van der Waals surface area (Å²) >= 11 is 3.59. The smallest absolute Gasteiger partial charge is 0.136 e. The number of pyridine rings is 1. The van der Waals surface area contributed by atoms with Crippen molar-refractivity contribution in [1.29, 1.82) is 0 Å². The minimum atomic E-state index is 0.483. The van der Waals surface area contributed by atoms with E-state index in [0.717, 1.165) is 39.8 Å². The summed E-state index contributed by atoms with van der Waals surface area (Å²) in [6, 6.07) is 10.1. The molecule has 0 spiro atoms. The van der Waals surface area contributed by atoms with Crippen LogP contribution in [-0.4, -0.2) is 14.8 Å². The third-order valence-corrected chi connectivity index (χ3v) is 4.54. The maximum Gasteiger partial charge on any atom is 0.136 e. The van der Waals surface area contributed by atoms with E-state index in [-0.39, 0.29) is 0 Å². The molecule has 0 amide bonds. The number of halogens is 1. The SMILES string of the molecule is Brc1c(OCc2cc3n(n2)CCC3)ccc2cccnc12.